The van der Waals surface area contributed by atoms with Gasteiger partial charge in [0.2, 0.25) is 0 Å². The Morgan fingerprint density at radius 3 is 2.78 bits per heavy atom. The number of rotatable bonds is 0. The summed E-state index contributed by atoms with van der Waals surface area (Å²) in [5.74, 6) is 0. The van der Waals surface area contributed by atoms with Crippen molar-refractivity contribution >= 4 is 0 Å². The lowest BCUT2D eigenvalue weighted by atomic mass is 10.1. The molecule has 2 nitrogen and oxygen atoms in total. The fourth-order valence-corrected chi connectivity index (χ4v) is 1.03. The lowest BCUT2D eigenvalue weighted by Crippen LogP contribution is -2.31. The van der Waals surface area contributed by atoms with Gasteiger partial charge in [0.15, 0.2) is 0 Å². The molecule has 9 heavy (non-hydrogen) atoms. The highest BCUT2D eigenvalue weighted by Crippen LogP contribution is 2.07. The summed E-state index contributed by atoms with van der Waals surface area (Å²) < 4.78 is 12.7. The summed E-state index contributed by atoms with van der Waals surface area (Å²) in [7, 11) is 0. The van der Waals surface area contributed by atoms with E-state index < -0.39 is 6.17 Å². The van der Waals surface area contributed by atoms with Crippen molar-refractivity contribution in [1.29, 1.82) is 0 Å². The SMILES string of the molecule is N[C@@H]1CCNCC[C@H]1F. The summed E-state index contributed by atoms with van der Waals surface area (Å²) >= 11 is 0. The van der Waals surface area contributed by atoms with Gasteiger partial charge in [-0.3, -0.25) is 0 Å². The molecule has 0 bridgehead atoms. The van der Waals surface area contributed by atoms with Crippen LogP contribution in [0.5, 0.6) is 0 Å². The van der Waals surface area contributed by atoms with E-state index in [9.17, 15) is 4.39 Å². The Balaban J connectivity index is 2.32. The van der Waals surface area contributed by atoms with Gasteiger partial charge in [-0.15, -0.1) is 0 Å². The van der Waals surface area contributed by atoms with E-state index in [1.807, 2.05) is 0 Å². The number of alkyl halides is 1. The molecule has 3 N–H and O–H groups in total. The number of hydrogen-bond donors (Lipinski definition) is 2. The minimum absolute atomic E-state index is 0.236. The van der Waals surface area contributed by atoms with Crippen molar-refractivity contribution in [2.24, 2.45) is 5.73 Å². The van der Waals surface area contributed by atoms with Gasteiger partial charge in [0.05, 0.1) is 0 Å². The third-order valence-electron chi connectivity index (χ3n) is 1.72. The van der Waals surface area contributed by atoms with Crippen LogP contribution in [-0.4, -0.2) is 25.3 Å². The molecule has 0 aromatic carbocycles. The van der Waals surface area contributed by atoms with Crippen LogP contribution in [0.25, 0.3) is 0 Å². The summed E-state index contributed by atoms with van der Waals surface area (Å²) in [6.07, 6.45) is 0.544. The van der Waals surface area contributed by atoms with Crippen LogP contribution in [0.4, 0.5) is 4.39 Å². The average molecular weight is 132 g/mol. The maximum atomic E-state index is 12.7. The highest BCUT2D eigenvalue weighted by atomic mass is 19.1. The normalized spacial score (nSPS) is 38.0. The number of hydrogen-bond acceptors (Lipinski definition) is 2. The molecule has 1 fully saturated rings. The fourth-order valence-electron chi connectivity index (χ4n) is 1.03. The number of nitrogens with two attached hydrogens (primary N) is 1. The Bertz CT molecular complexity index is 77.1. The molecule has 1 saturated heterocycles. The monoisotopic (exact) mass is 132 g/mol. The molecule has 2 atom stereocenters. The van der Waals surface area contributed by atoms with E-state index in [0.29, 0.717) is 6.42 Å². The van der Waals surface area contributed by atoms with Gasteiger partial charge in [-0.2, -0.15) is 0 Å². The van der Waals surface area contributed by atoms with Gasteiger partial charge in [0.1, 0.15) is 6.17 Å². The predicted octanol–water partition coefficient (Wildman–Crippen LogP) is 0.0352. The van der Waals surface area contributed by atoms with Crippen LogP contribution in [0.1, 0.15) is 12.8 Å². The first-order valence-electron chi connectivity index (χ1n) is 3.41. The first-order valence-corrected chi connectivity index (χ1v) is 3.41. The van der Waals surface area contributed by atoms with Crippen molar-refractivity contribution < 1.29 is 4.39 Å². The van der Waals surface area contributed by atoms with Crippen LogP contribution in [0, 0.1) is 0 Å². The summed E-state index contributed by atoms with van der Waals surface area (Å²) in [6.45, 7) is 1.64. The highest BCUT2D eigenvalue weighted by Gasteiger charge is 2.18. The van der Waals surface area contributed by atoms with Crippen molar-refractivity contribution in [3.63, 3.8) is 0 Å². The summed E-state index contributed by atoms with van der Waals surface area (Å²) in [4.78, 5) is 0. The molecule has 0 spiro atoms. The highest BCUT2D eigenvalue weighted by molar-refractivity contribution is 4.77. The Hall–Kier alpha value is -0.150. The van der Waals surface area contributed by atoms with Crippen molar-refractivity contribution in [3.8, 4) is 0 Å². The van der Waals surface area contributed by atoms with Crippen LogP contribution in [0.2, 0.25) is 0 Å². The first-order chi connectivity index (χ1) is 4.30. The Labute approximate surface area is 54.6 Å². The lowest BCUT2D eigenvalue weighted by Gasteiger charge is -2.10. The zero-order valence-corrected chi connectivity index (χ0v) is 5.44. The molecule has 1 heterocycles. The largest absolute Gasteiger partial charge is 0.325 e. The summed E-state index contributed by atoms with van der Waals surface area (Å²) in [5, 5.41) is 3.09. The van der Waals surface area contributed by atoms with Gasteiger partial charge < -0.3 is 11.1 Å². The van der Waals surface area contributed by atoms with E-state index in [-0.39, 0.29) is 6.04 Å². The zero-order valence-electron chi connectivity index (χ0n) is 5.44. The van der Waals surface area contributed by atoms with Gasteiger partial charge in [0, 0.05) is 6.04 Å². The van der Waals surface area contributed by atoms with Crippen LogP contribution in [0.3, 0.4) is 0 Å². The topological polar surface area (TPSA) is 38.0 Å². The molecular weight excluding hydrogens is 119 g/mol. The van der Waals surface area contributed by atoms with E-state index in [1.165, 1.54) is 0 Å². The molecule has 1 rings (SSSR count). The third-order valence-corrected chi connectivity index (χ3v) is 1.72. The molecule has 3 heteroatoms. The second-order valence-electron chi connectivity index (χ2n) is 2.51. The summed E-state index contributed by atoms with van der Waals surface area (Å²) in [5.41, 5.74) is 5.46. The molecule has 0 saturated carbocycles. The van der Waals surface area contributed by atoms with E-state index in [1.54, 1.807) is 0 Å². The molecule has 54 valence electrons. The van der Waals surface area contributed by atoms with Crippen molar-refractivity contribution in [1.82, 2.24) is 5.32 Å². The smallest absolute Gasteiger partial charge is 0.116 e. The van der Waals surface area contributed by atoms with E-state index in [2.05, 4.69) is 5.32 Å². The molecular formula is C6H13FN2. The van der Waals surface area contributed by atoms with Gasteiger partial charge >= 0.3 is 0 Å². The summed E-state index contributed by atoms with van der Waals surface area (Å²) in [6, 6.07) is -0.236. The Morgan fingerprint density at radius 2 is 2.00 bits per heavy atom. The van der Waals surface area contributed by atoms with Crippen molar-refractivity contribution in [2.75, 3.05) is 13.1 Å². The zero-order chi connectivity index (χ0) is 6.69. The first kappa shape index (κ1) is 6.96. The fraction of sp³-hybridized carbons (Fsp3) is 1.00. The third kappa shape index (κ3) is 1.91. The van der Waals surface area contributed by atoms with E-state index >= 15 is 0 Å². The van der Waals surface area contributed by atoms with Gasteiger partial charge in [-0.1, -0.05) is 0 Å². The minimum Gasteiger partial charge on any atom is -0.325 e. The standard InChI is InChI=1S/C6H13FN2/c7-5-1-3-9-4-2-6(5)8/h5-6,9H,1-4,8H2/t5-,6-/m1/s1. The predicted molar refractivity (Wildman–Crippen MR) is 35.0 cm³/mol. The van der Waals surface area contributed by atoms with Gasteiger partial charge in [0.25, 0.3) is 0 Å². The van der Waals surface area contributed by atoms with Gasteiger partial charge in [-0.05, 0) is 25.9 Å². The second-order valence-corrected chi connectivity index (χ2v) is 2.51. The molecule has 0 aromatic heterocycles. The Kier molecular flexibility index (Phi) is 2.42. The lowest BCUT2D eigenvalue weighted by molar-refractivity contribution is 0.273. The maximum Gasteiger partial charge on any atom is 0.116 e. The van der Waals surface area contributed by atoms with E-state index in [0.717, 1.165) is 19.5 Å². The van der Waals surface area contributed by atoms with Crippen LogP contribution in [0.15, 0.2) is 0 Å². The van der Waals surface area contributed by atoms with Crippen LogP contribution < -0.4 is 11.1 Å². The molecule has 1 aliphatic heterocycles. The maximum absolute atomic E-state index is 12.7. The number of halogens is 1. The van der Waals surface area contributed by atoms with E-state index in [4.69, 9.17) is 5.73 Å². The van der Waals surface area contributed by atoms with Gasteiger partial charge in [-0.25, -0.2) is 4.39 Å². The minimum atomic E-state index is -0.792. The Morgan fingerprint density at radius 1 is 1.33 bits per heavy atom. The molecule has 0 aliphatic carbocycles. The quantitative estimate of drug-likeness (QED) is 0.488. The average Bonchev–Trinajstić information content (AvgIpc) is 1.99. The molecule has 0 unspecified atom stereocenters. The molecule has 0 radical (unpaired) electrons. The van der Waals surface area contributed by atoms with Crippen LogP contribution in [-0.2, 0) is 0 Å². The van der Waals surface area contributed by atoms with Crippen molar-refractivity contribution in [2.45, 2.75) is 25.1 Å². The van der Waals surface area contributed by atoms with Crippen molar-refractivity contribution in [3.05, 3.63) is 0 Å². The molecule has 1 aliphatic rings. The molecule has 0 aromatic rings. The second kappa shape index (κ2) is 3.13. The van der Waals surface area contributed by atoms with Crippen LogP contribution >= 0.6 is 0 Å². The molecule has 0 amide bonds. The number of nitrogens with one attached hydrogen (secondary N) is 1.